The molecular formula is C24H31N5O. The molecule has 1 fully saturated rings. The lowest BCUT2D eigenvalue weighted by Crippen LogP contribution is -2.47. The lowest BCUT2D eigenvalue weighted by Gasteiger charge is -2.35. The molecule has 1 amide bonds. The van der Waals surface area contributed by atoms with Gasteiger partial charge in [0.15, 0.2) is 0 Å². The Kier molecular flexibility index (Phi) is 6.64. The highest BCUT2D eigenvalue weighted by Gasteiger charge is 2.18. The van der Waals surface area contributed by atoms with Crippen LogP contribution in [0.3, 0.4) is 0 Å². The van der Waals surface area contributed by atoms with E-state index in [1.54, 1.807) is 0 Å². The smallest absolute Gasteiger partial charge is 0.223 e. The number of piperazine rings is 1. The van der Waals surface area contributed by atoms with E-state index in [1.165, 1.54) is 10.9 Å². The van der Waals surface area contributed by atoms with Crippen molar-refractivity contribution in [2.45, 2.75) is 19.8 Å². The fourth-order valence-corrected chi connectivity index (χ4v) is 4.15. The van der Waals surface area contributed by atoms with Crippen LogP contribution >= 0.6 is 0 Å². The fourth-order valence-electron chi connectivity index (χ4n) is 4.15. The fraction of sp³-hybridized carbons (Fsp3) is 0.417. The van der Waals surface area contributed by atoms with Crippen LogP contribution in [-0.2, 0) is 11.2 Å². The van der Waals surface area contributed by atoms with Crippen LogP contribution < -0.4 is 10.2 Å². The lowest BCUT2D eigenvalue weighted by molar-refractivity contribution is -0.124. The third-order valence-corrected chi connectivity index (χ3v) is 5.94. The van der Waals surface area contributed by atoms with Crippen LogP contribution in [0.5, 0.6) is 0 Å². The van der Waals surface area contributed by atoms with Gasteiger partial charge in [-0.1, -0.05) is 31.2 Å². The Hall–Kier alpha value is -2.86. The zero-order valence-corrected chi connectivity index (χ0v) is 17.7. The van der Waals surface area contributed by atoms with Crippen molar-refractivity contribution in [2.75, 3.05) is 44.2 Å². The van der Waals surface area contributed by atoms with Crippen molar-refractivity contribution >= 4 is 22.6 Å². The zero-order valence-electron chi connectivity index (χ0n) is 17.7. The minimum Gasteiger partial charge on any atom is -0.361 e. The molecule has 30 heavy (non-hydrogen) atoms. The van der Waals surface area contributed by atoms with E-state index >= 15 is 0 Å². The van der Waals surface area contributed by atoms with Gasteiger partial charge in [-0.25, -0.2) is 4.98 Å². The number of anilines is 1. The van der Waals surface area contributed by atoms with E-state index in [-0.39, 0.29) is 11.8 Å². The van der Waals surface area contributed by atoms with Gasteiger partial charge in [0.25, 0.3) is 0 Å². The molecule has 1 aromatic carbocycles. The molecule has 0 radical (unpaired) electrons. The molecule has 2 aromatic heterocycles. The minimum atomic E-state index is -0.0360. The molecular weight excluding hydrogens is 374 g/mol. The molecule has 3 aromatic rings. The monoisotopic (exact) mass is 405 g/mol. The van der Waals surface area contributed by atoms with Crippen molar-refractivity contribution < 1.29 is 4.79 Å². The molecule has 1 aliphatic heterocycles. The maximum Gasteiger partial charge on any atom is 0.223 e. The van der Waals surface area contributed by atoms with Crippen molar-refractivity contribution in [1.29, 1.82) is 0 Å². The van der Waals surface area contributed by atoms with Crippen LogP contribution in [0.2, 0.25) is 0 Å². The molecule has 1 atom stereocenters. The minimum absolute atomic E-state index is 0.0360. The van der Waals surface area contributed by atoms with Crippen molar-refractivity contribution in [2.24, 2.45) is 5.92 Å². The first-order valence-corrected chi connectivity index (χ1v) is 10.9. The van der Waals surface area contributed by atoms with Crippen LogP contribution in [0, 0.1) is 5.92 Å². The van der Waals surface area contributed by atoms with Crippen LogP contribution in [-0.4, -0.2) is 60.0 Å². The van der Waals surface area contributed by atoms with Gasteiger partial charge in [0.2, 0.25) is 5.91 Å². The van der Waals surface area contributed by atoms with E-state index in [1.807, 2.05) is 43.6 Å². The molecule has 0 aliphatic carbocycles. The van der Waals surface area contributed by atoms with Gasteiger partial charge in [0.1, 0.15) is 5.82 Å². The van der Waals surface area contributed by atoms with Gasteiger partial charge in [0.05, 0.1) is 0 Å². The topological polar surface area (TPSA) is 64.3 Å². The number of rotatable bonds is 8. The van der Waals surface area contributed by atoms with Crippen LogP contribution in [0.15, 0.2) is 54.9 Å². The number of aromatic nitrogens is 2. The summed E-state index contributed by atoms with van der Waals surface area (Å²) >= 11 is 0. The summed E-state index contributed by atoms with van der Waals surface area (Å²) in [6.45, 7) is 7.86. The number of carbonyl (C=O) groups is 1. The summed E-state index contributed by atoms with van der Waals surface area (Å²) in [4.78, 5) is 25.0. The molecule has 6 nitrogen and oxygen atoms in total. The molecule has 1 saturated heterocycles. The Morgan fingerprint density at radius 1 is 1.13 bits per heavy atom. The molecule has 0 bridgehead atoms. The standard InChI is InChI=1S/C24H31N5O/c1-19(17-20-18-27-22-8-3-2-7-21(20)22)24(30)26-11-6-12-28-13-15-29(16-14-28)23-9-4-5-10-25-23/h2-5,7-10,18-19,27H,6,11-17H2,1H3,(H,26,30). The average Bonchev–Trinajstić information content (AvgIpc) is 3.20. The summed E-state index contributed by atoms with van der Waals surface area (Å²) in [7, 11) is 0. The number of pyridine rings is 1. The number of aromatic amines is 1. The lowest BCUT2D eigenvalue weighted by atomic mass is 10.00. The summed E-state index contributed by atoms with van der Waals surface area (Å²) < 4.78 is 0. The van der Waals surface area contributed by atoms with Crippen molar-refractivity contribution in [3.8, 4) is 0 Å². The number of para-hydroxylation sites is 1. The largest absolute Gasteiger partial charge is 0.361 e. The highest BCUT2D eigenvalue weighted by atomic mass is 16.1. The second-order valence-corrected chi connectivity index (χ2v) is 8.13. The Bertz CT molecular complexity index is 946. The Morgan fingerprint density at radius 3 is 2.73 bits per heavy atom. The molecule has 158 valence electrons. The second-order valence-electron chi connectivity index (χ2n) is 8.13. The van der Waals surface area contributed by atoms with E-state index in [0.29, 0.717) is 0 Å². The number of nitrogens with one attached hydrogen (secondary N) is 2. The quantitative estimate of drug-likeness (QED) is 0.566. The zero-order chi connectivity index (χ0) is 20.8. The molecule has 2 N–H and O–H groups in total. The predicted octanol–water partition coefficient (Wildman–Crippen LogP) is 3.07. The van der Waals surface area contributed by atoms with Gasteiger partial charge in [-0.05, 0) is 43.1 Å². The van der Waals surface area contributed by atoms with E-state index in [0.717, 1.165) is 63.4 Å². The van der Waals surface area contributed by atoms with Crippen molar-refractivity contribution in [3.05, 3.63) is 60.4 Å². The number of amides is 1. The van der Waals surface area contributed by atoms with Gasteiger partial charge in [-0.3, -0.25) is 9.69 Å². The third kappa shape index (κ3) is 5.00. The number of nitrogens with zero attached hydrogens (tertiary/aromatic N) is 3. The summed E-state index contributed by atoms with van der Waals surface area (Å²) in [5, 5.41) is 4.33. The summed E-state index contributed by atoms with van der Waals surface area (Å²) in [5.74, 6) is 1.17. The average molecular weight is 406 g/mol. The molecule has 6 heteroatoms. The van der Waals surface area contributed by atoms with Crippen LogP contribution in [0.25, 0.3) is 10.9 Å². The summed E-state index contributed by atoms with van der Waals surface area (Å²) in [5.41, 5.74) is 2.34. The maximum atomic E-state index is 12.5. The molecule has 1 unspecified atom stereocenters. The number of carbonyl (C=O) groups excluding carboxylic acids is 1. The Morgan fingerprint density at radius 2 is 1.93 bits per heavy atom. The highest BCUT2D eigenvalue weighted by Crippen LogP contribution is 2.20. The van der Waals surface area contributed by atoms with E-state index < -0.39 is 0 Å². The number of benzene rings is 1. The summed E-state index contributed by atoms with van der Waals surface area (Å²) in [6, 6.07) is 14.3. The summed E-state index contributed by atoms with van der Waals surface area (Å²) in [6.07, 6.45) is 5.61. The Labute approximate surface area is 178 Å². The molecule has 3 heterocycles. The van der Waals surface area contributed by atoms with Crippen molar-refractivity contribution in [1.82, 2.24) is 20.2 Å². The third-order valence-electron chi connectivity index (χ3n) is 5.94. The number of hydrogen-bond acceptors (Lipinski definition) is 4. The van der Waals surface area contributed by atoms with E-state index in [4.69, 9.17) is 0 Å². The molecule has 4 rings (SSSR count). The molecule has 1 aliphatic rings. The number of fused-ring (bicyclic) bond motifs is 1. The van der Waals surface area contributed by atoms with Gasteiger partial charge < -0.3 is 15.2 Å². The molecule has 0 spiro atoms. The first-order valence-electron chi connectivity index (χ1n) is 10.9. The first kappa shape index (κ1) is 20.4. The van der Waals surface area contributed by atoms with E-state index in [9.17, 15) is 4.79 Å². The highest BCUT2D eigenvalue weighted by molar-refractivity contribution is 5.84. The predicted molar refractivity (Wildman–Crippen MR) is 122 cm³/mol. The van der Waals surface area contributed by atoms with Gasteiger partial charge in [-0.2, -0.15) is 0 Å². The van der Waals surface area contributed by atoms with Gasteiger partial charge in [-0.15, -0.1) is 0 Å². The molecule has 0 saturated carbocycles. The van der Waals surface area contributed by atoms with Crippen molar-refractivity contribution in [3.63, 3.8) is 0 Å². The van der Waals surface area contributed by atoms with Gasteiger partial charge >= 0.3 is 0 Å². The number of H-pyrrole nitrogens is 1. The normalized spacial score (nSPS) is 16.0. The maximum absolute atomic E-state index is 12.5. The second kappa shape index (κ2) is 9.76. The number of hydrogen-bond donors (Lipinski definition) is 2. The van der Waals surface area contributed by atoms with Crippen LogP contribution in [0.4, 0.5) is 5.82 Å². The Balaban J connectivity index is 1.15. The first-order chi connectivity index (χ1) is 14.7. The van der Waals surface area contributed by atoms with Crippen LogP contribution in [0.1, 0.15) is 18.9 Å². The van der Waals surface area contributed by atoms with Gasteiger partial charge in [0, 0.05) is 61.9 Å². The van der Waals surface area contributed by atoms with E-state index in [2.05, 4.69) is 43.3 Å². The SMILES string of the molecule is CC(Cc1c[nH]c2ccccc12)C(=O)NCCCN1CCN(c2ccccn2)CC1.